The molecule has 0 radical (unpaired) electrons. The van der Waals surface area contributed by atoms with Gasteiger partial charge in [-0.3, -0.25) is 9.78 Å². The molecule has 22 heavy (non-hydrogen) atoms. The summed E-state index contributed by atoms with van der Waals surface area (Å²) < 4.78 is 27.7. The molecule has 0 saturated carbocycles. The lowest BCUT2D eigenvalue weighted by Gasteiger charge is -2.23. The molecule has 9 heteroatoms. The van der Waals surface area contributed by atoms with Crippen LogP contribution in [0.4, 0.5) is 0 Å². The van der Waals surface area contributed by atoms with Gasteiger partial charge < -0.3 is 10.1 Å². The minimum atomic E-state index is -3.12. The van der Waals surface area contributed by atoms with E-state index in [2.05, 4.69) is 15.3 Å². The highest BCUT2D eigenvalue weighted by atomic mass is 32.2. The number of esters is 1. The van der Waals surface area contributed by atoms with Crippen LogP contribution in [0.5, 0.6) is 0 Å². The maximum absolute atomic E-state index is 11.8. The van der Waals surface area contributed by atoms with E-state index in [4.69, 9.17) is 4.74 Å². The SMILES string of the molecule is Cc1cnc(C(=O)OCC(=O)N[C@]2(C)CCS(=O)(=O)C2)cn1. The van der Waals surface area contributed by atoms with Gasteiger partial charge in [0.25, 0.3) is 5.91 Å². The average molecular weight is 327 g/mol. The van der Waals surface area contributed by atoms with Gasteiger partial charge in [0.1, 0.15) is 0 Å². The molecule has 0 aliphatic carbocycles. The summed E-state index contributed by atoms with van der Waals surface area (Å²) in [6.07, 6.45) is 3.03. The van der Waals surface area contributed by atoms with Crippen molar-refractivity contribution in [2.45, 2.75) is 25.8 Å². The lowest BCUT2D eigenvalue weighted by molar-refractivity contribution is -0.125. The summed E-state index contributed by atoms with van der Waals surface area (Å²) in [6.45, 7) is 2.89. The van der Waals surface area contributed by atoms with Crippen molar-refractivity contribution in [3.8, 4) is 0 Å². The second-order valence-electron chi connectivity index (χ2n) is 5.57. The molecule has 1 aromatic rings. The van der Waals surface area contributed by atoms with Crippen LogP contribution in [0.15, 0.2) is 12.4 Å². The van der Waals surface area contributed by atoms with Crippen LogP contribution >= 0.6 is 0 Å². The molecule has 0 aromatic carbocycles. The van der Waals surface area contributed by atoms with Gasteiger partial charge in [-0.05, 0) is 20.3 Å². The second kappa shape index (κ2) is 5.99. The van der Waals surface area contributed by atoms with E-state index in [9.17, 15) is 18.0 Å². The molecule has 1 aromatic heterocycles. The van der Waals surface area contributed by atoms with Crippen LogP contribution in [0.2, 0.25) is 0 Å². The fourth-order valence-electron chi connectivity index (χ4n) is 2.18. The minimum Gasteiger partial charge on any atom is -0.451 e. The Bertz CT molecular complexity index is 686. The Balaban J connectivity index is 1.85. The molecule has 1 amide bonds. The monoisotopic (exact) mass is 327 g/mol. The number of carbonyl (C=O) groups excluding carboxylic acids is 2. The highest BCUT2D eigenvalue weighted by Crippen LogP contribution is 2.22. The fraction of sp³-hybridized carbons (Fsp3) is 0.538. The highest BCUT2D eigenvalue weighted by Gasteiger charge is 2.39. The zero-order valence-corrected chi connectivity index (χ0v) is 13.1. The number of ether oxygens (including phenoxy) is 1. The zero-order valence-electron chi connectivity index (χ0n) is 12.3. The number of rotatable bonds is 4. The molecule has 1 aliphatic heterocycles. The molecule has 1 N–H and O–H groups in total. The first kappa shape index (κ1) is 16.3. The van der Waals surface area contributed by atoms with Crippen LogP contribution in [0.25, 0.3) is 0 Å². The van der Waals surface area contributed by atoms with E-state index in [0.717, 1.165) is 0 Å². The van der Waals surface area contributed by atoms with Gasteiger partial charge in [0.15, 0.2) is 22.1 Å². The first-order valence-corrected chi connectivity index (χ1v) is 8.48. The Morgan fingerprint density at radius 3 is 2.64 bits per heavy atom. The van der Waals surface area contributed by atoms with Gasteiger partial charge in [-0.1, -0.05) is 0 Å². The number of aryl methyl sites for hydroxylation is 1. The molecule has 2 rings (SSSR count). The van der Waals surface area contributed by atoms with Crippen LogP contribution in [-0.4, -0.2) is 53.9 Å². The topological polar surface area (TPSA) is 115 Å². The van der Waals surface area contributed by atoms with Crippen LogP contribution in [0.1, 0.15) is 29.5 Å². The fourth-order valence-corrected chi connectivity index (χ4v) is 4.28. The minimum absolute atomic E-state index is 0.00746. The Hall–Kier alpha value is -2.03. The lowest BCUT2D eigenvalue weighted by atomic mass is 10.0. The van der Waals surface area contributed by atoms with Gasteiger partial charge in [0.2, 0.25) is 0 Å². The van der Waals surface area contributed by atoms with Gasteiger partial charge in [-0.2, -0.15) is 0 Å². The molecular formula is C13H17N3O5S. The Kier molecular flexibility index (Phi) is 4.45. The smallest absolute Gasteiger partial charge is 0.359 e. The Morgan fingerprint density at radius 1 is 1.36 bits per heavy atom. The van der Waals surface area contributed by atoms with Gasteiger partial charge >= 0.3 is 5.97 Å². The number of aromatic nitrogens is 2. The number of sulfone groups is 1. The first-order valence-electron chi connectivity index (χ1n) is 6.66. The van der Waals surface area contributed by atoms with E-state index in [0.29, 0.717) is 12.1 Å². The van der Waals surface area contributed by atoms with Crippen molar-refractivity contribution in [3.63, 3.8) is 0 Å². The lowest BCUT2D eigenvalue weighted by Crippen LogP contribution is -2.48. The number of hydrogen-bond donors (Lipinski definition) is 1. The number of nitrogens with one attached hydrogen (secondary N) is 1. The van der Waals surface area contributed by atoms with E-state index >= 15 is 0 Å². The van der Waals surface area contributed by atoms with Crippen molar-refractivity contribution in [3.05, 3.63) is 23.8 Å². The van der Waals surface area contributed by atoms with Gasteiger partial charge in [-0.25, -0.2) is 18.2 Å². The highest BCUT2D eigenvalue weighted by molar-refractivity contribution is 7.91. The maximum Gasteiger partial charge on any atom is 0.359 e. The van der Waals surface area contributed by atoms with E-state index in [1.165, 1.54) is 12.4 Å². The first-order chi connectivity index (χ1) is 10.2. The van der Waals surface area contributed by atoms with E-state index in [1.807, 2.05) is 0 Å². The quantitative estimate of drug-likeness (QED) is 0.750. The van der Waals surface area contributed by atoms with E-state index < -0.39 is 33.9 Å². The molecule has 0 unspecified atom stereocenters. The normalized spacial score (nSPS) is 23.0. The molecule has 120 valence electrons. The number of hydrogen-bond acceptors (Lipinski definition) is 7. The average Bonchev–Trinajstić information content (AvgIpc) is 2.70. The van der Waals surface area contributed by atoms with Crippen molar-refractivity contribution in [1.82, 2.24) is 15.3 Å². The molecule has 2 heterocycles. The summed E-state index contributed by atoms with van der Waals surface area (Å²) in [4.78, 5) is 31.2. The summed E-state index contributed by atoms with van der Waals surface area (Å²) in [7, 11) is -3.12. The Labute approximate surface area is 128 Å². The third kappa shape index (κ3) is 4.23. The van der Waals surface area contributed by atoms with Crippen molar-refractivity contribution in [2.24, 2.45) is 0 Å². The van der Waals surface area contributed by atoms with Crippen molar-refractivity contribution in [1.29, 1.82) is 0 Å². The molecule has 1 saturated heterocycles. The van der Waals surface area contributed by atoms with Crippen molar-refractivity contribution >= 4 is 21.7 Å². The molecule has 0 bridgehead atoms. The van der Waals surface area contributed by atoms with Crippen LogP contribution in [0, 0.1) is 6.92 Å². The zero-order chi connectivity index (χ0) is 16.4. The summed E-state index contributed by atoms with van der Waals surface area (Å²) in [5.41, 5.74) is -0.149. The van der Waals surface area contributed by atoms with E-state index in [1.54, 1.807) is 13.8 Å². The van der Waals surface area contributed by atoms with Gasteiger partial charge in [0.05, 0.1) is 28.9 Å². The molecular weight excluding hydrogens is 310 g/mol. The number of carbonyl (C=O) groups is 2. The Morgan fingerprint density at radius 2 is 2.09 bits per heavy atom. The van der Waals surface area contributed by atoms with Crippen LogP contribution in [0.3, 0.4) is 0 Å². The standard InChI is InChI=1S/C13H17N3O5S/c1-9-5-15-10(6-14-9)12(18)21-7-11(17)16-13(2)3-4-22(19,20)8-13/h5-6H,3-4,7-8H2,1-2H3,(H,16,17)/t13-/m1/s1. The van der Waals surface area contributed by atoms with Gasteiger partial charge in [-0.15, -0.1) is 0 Å². The maximum atomic E-state index is 11.8. The number of nitrogens with zero attached hydrogens (tertiary/aromatic N) is 2. The van der Waals surface area contributed by atoms with E-state index in [-0.39, 0.29) is 17.2 Å². The largest absolute Gasteiger partial charge is 0.451 e. The predicted octanol–water partition coefficient (Wildman–Crippen LogP) is -0.365. The molecule has 8 nitrogen and oxygen atoms in total. The second-order valence-corrected chi connectivity index (χ2v) is 7.75. The predicted molar refractivity (Wildman–Crippen MR) is 76.9 cm³/mol. The van der Waals surface area contributed by atoms with Gasteiger partial charge in [0, 0.05) is 6.20 Å². The van der Waals surface area contributed by atoms with Crippen molar-refractivity contribution in [2.75, 3.05) is 18.1 Å². The summed E-state index contributed by atoms with van der Waals surface area (Å²) >= 11 is 0. The summed E-state index contributed by atoms with van der Waals surface area (Å²) in [5.74, 6) is -1.37. The molecule has 1 atom stereocenters. The molecule has 1 fully saturated rings. The molecule has 1 aliphatic rings. The summed E-state index contributed by atoms with van der Waals surface area (Å²) in [6, 6.07) is 0. The summed E-state index contributed by atoms with van der Waals surface area (Å²) in [5, 5.41) is 2.60. The van der Waals surface area contributed by atoms with Crippen LogP contribution < -0.4 is 5.32 Å². The third-order valence-corrected chi connectivity index (χ3v) is 5.17. The third-order valence-electron chi connectivity index (χ3n) is 3.27. The van der Waals surface area contributed by atoms with Crippen molar-refractivity contribution < 1.29 is 22.7 Å². The van der Waals surface area contributed by atoms with Crippen LogP contribution in [-0.2, 0) is 19.4 Å². The number of amides is 1. The molecule has 0 spiro atoms.